The molecule has 0 atom stereocenters. The molecule has 2 aromatic rings. The summed E-state index contributed by atoms with van der Waals surface area (Å²) in [5, 5.41) is 13.4. The molecule has 1 aromatic carbocycles. The molecule has 3 rings (SSSR count). The zero-order valence-electron chi connectivity index (χ0n) is 14.4. The van der Waals surface area contributed by atoms with Gasteiger partial charge in [0.15, 0.2) is 5.69 Å². The van der Waals surface area contributed by atoms with Crippen molar-refractivity contribution in [2.75, 3.05) is 6.54 Å². The number of para-hydroxylation sites is 1. The van der Waals surface area contributed by atoms with Crippen LogP contribution in [0.25, 0.3) is 0 Å². The van der Waals surface area contributed by atoms with E-state index in [2.05, 4.69) is 20.8 Å². The van der Waals surface area contributed by atoms with Crippen LogP contribution in [0.15, 0.2) is 24.3 Å². The molecule has 6 nitrogen and oxygen atoms in total. The van der Waals surface area contributed by atoms with E-state index in [1.54, 1.807) is 0 Å². The van der Waals surface area contributed by atoms with Crippen molar-refractivity contribution >= 4 is 5.91 Å². The highest BCUT2D eigenvalue weighted by molar-refractivity contribution is 5.94. The van der Waals surface area contributed by atoms with Crippen molar-refractivity contribution in [1.29, 1.82) is 0 Å². The SMILES string of the molecule is CC(C)(C)Oc1ccccc1CNC(=O)c1n[nH]c2c1CNCC2. The molecule has 6 heteroatoms. The molecule has 24 heavy (non-hydrogen) atoms. The van der Waals surface area contributed by atoms with Crippen LogP contribution in [-0.2, 0) is 19.5 Å². The highest BCUT2D eigenvalue weighted by Gasteiger charge is 2.22. The van der Waals surface area contributed by atoms with E-state index in [0.29, 0.717) is 18.8 Å². The van der Waals surface area contributed by atoms with E-state index in [1.165, 1.54) is 0 Å². The average Bonchev–Trinajstić information content (AvgIpc) is 2.96. The quantitative estimate of drug-likeness (QED) is 0.804. The number of ether oxygens (including phenoxy) is 1. The highest BCUT2D eigenvalue weighted by Crippen LogP contribution is 2.23. The molecule has 0 aliphatic carbocycles. The fourth-order valence-electron chi connectivity index (χ4n) is 2.75. The van der Waals surface area contributed by atoms with Crippen LogP contribution >= 0.6 is 0 Å². The Labute approximate surface area is 142 Å². The summed E-state index contributed by atoms with van der Waals surface area (Å²) in [6.45, 7) is 8.01. The standard InChI is InChI=1S/C18H24N4O2/c1-18(2,3)24-15-7-5-4-6-12(15)10-20-17(23)16-13-11-19-9-8-14(13)21-22-16/h4-7,19H,8-11H2,1-3H3,(H,20,23)(H,21,22). The highest BCUT2D eigenvalue weighted by atomic mass is 16.5. The smallest absolute Gasteiger partial charge is 0.272 e. The van der Waals surface area contributed by atoms with Gasteiger partial charge in [0.25, 0.3) is 5.91 Å². The van der Waals surface area contributed by atoms with E-state index in [9.17, 15) is 4.79 Å². The van der Waals surface area contributed by atoms with Crippen molar-refractivity contribution < 1.29 is 9.53 Å². The maximum absolute atomic E-state index is 12.5. The van der Waals surface area contributed by atoms with E-state index < -0.39 is 0 Å². The summed E-state index contributed by atoms with van der Waals surface area (Å²) in [4.78, 5) is 12.5. The van der Waals surface area contributed by atoms with Gasteiger partial charge in [-0.05, 0) is 26.8 Å². The molecule has 3 N–H and O–H groups in total. The summed E-state index contributed by atoms with van der Waals surface area (Å²) in [6, 6.07) is 7.76. The van der Waals surface area contributed by atoms with Gasteiger partial charge in [0.2, 0.25) is 0 Å². The Morgan fingerprint density at radius 3 is 2.92 bits per heavy atom. The summed E-state index contributed by atoms with van der Waals surface area (Å²) >= 11 is 0. The van der Waals surface area contributed by atoms with Crippen molar-refractivity contribution in [3.05, 3.63) is 46.8 Å². The zero-order valence-corrected chi connectivity index (χ0v) is 14.4. The van der Waals surface area contributed by atoms with Crippen LogP contribution in [0.3, 0.4) is 0 Å². The predicted octanol–water partition coefficient (Wildman–Crippen LogP) is 2.16. The normalized spacial score (nSPS) is 14.1. The van der Waals surface area contributed by atoms with Gasteiger partial charge in [0.05, 0.1) is 0 Å². The van der Waals surface area contributed by atoms with E-state index in [0.717, 1.165) is 35.5 Å². The van der Waals surface area contributed by atoms with Crippen molar-refractivity contribution in [1.82, 2.24) is 20.8 Å². The first kappa shape index (κ1) is 16.5. The first-order valence-electron chi connectivity index (χ1n) is 8.26. The summed E-state index contributed by atoms with van der Waals surface area (Å²) in [7, 11) is 0. The van der Waals surface area contributed by atoms with Crippen molar-refractivity contribution in [3.63, 3.8) is 0 Å². The van der Waals surface area contributed by atoms with Crippen molar-refractivity contribution in [2.45, 2.75) is 45.9 Å². The number of carbonyl (C=O) groups is 1. The molecule has 0 fully saturated rings. The number of nitrogens with one attached hydrogen (secondary N) is 3. The Balaban J connectivity index is 1.70. The van der Waals surface area contributed by atoms with Gasteiger partial charge in [-0.2, -0.15) is 5.10 Å². The number of hydrogen-bond donors (Lipinski definition) is 3. The van der Waals surface area contributed by atoms with Crippen LogP contribution in [0.1, 0.15) is 48.1 Å². The van der Waals surface area contributed by atoms with Gasteiger partial charge < -0.3 is 15.4 Å². The number of hydrogen-bond acceptors (Lipinski definition) is 4. The topological polar surface area (TPSA) is 79.0 Å². The molecule has 128 valence electrons. The molecule has 1 aromatic heterocycles. The molecule has 0 radical (unpaired) electrons. The fraction of sp³-hybridized carbons (Fsp3) is 0.444. The van der Waals surface area contributed by atoms with E-state index in [4.69, 9.17) is 4.74 Å². The lowest BCUT2D eigenvalue weighted by molar-refractivity contribution is 0.0943. The minimum absolute atomic E-state index is 0.165. The van der Waals surface area contributed by atoms with Crippen LogP contribution < -0.4 is 15.4 Å². The number of carbonyl (C=O) groups excluding carboxylic acids is 1. The van der Waals surface area contributed by atoms with Crippen LogP contribution in [0, 0.1) is 0 Å². The summed E-state index contributed by atoms with van der Waals surface area (Å²) in [5.41, 5.74) is 3.16. The number of rotatable bonds is 4. The van der Waals surface area contributed by atoms with Crippen LogP contribution in [-0.4, -0.2) is 28.3 Å². The predicted molar refractivity (Wildman–Crippen MR) is 92.0 cm³/mol. The third kappa shape index (κ3) is 3.76. The Kier molecular flexibility index (Phi) is 4.57. The minimum atomic E-state index is -0.285. The molecule has 0 unspecified atom stereocenters. The second-order valence-corrected chi connectivity index (χ2v) is 6.96. The summed E-state index contributed by atoms with van der Waals surface area (Å²) in [5.74, 6) is 0.623. The summed E-state index contributed by atoms with van der Waals surface area (Å²) in [6.07, 6.45) is 0.873. The Hall–Kier alpha value is -2.34. The zero-order chi connectivity index (χ0) is 17.2. The van der Waals surface area contributed by atoms with E-state index in [1.807, 2.05) is 45.0 Å². The molecular weight excluding hydrogens is 304 g/mol. The maximum atomic E-state index is 12.5. The van der Waals surface area contributed by atoms with Crippen molar-refractivity contribution in [2.24, 2.45) is 0 Å². The lowest BCUT2D eigenvalue weighted by Gasteiger charge is -2.23. The number of amides is 1. The number of nitrogens with zero attached hydrogens (tertiary/aromatic N) is 1. The number of aromatic amines is 1. The van der Waals surface area contributed by atoms with Gasteiger partial charge >= 0.3 is 0 Å². The molecule has 1 aliphatic rings. The lowest BCUT2D eigenvalue weighted by Crippen LogP contribution is -2.29. The van der Waals surface area contributed by atoms with Gasteiger partial charge in [-0.15, -0.1) is 0 Å². The molecule has 1 aliphatic heterocycles. The van der Waals surface area contributed by atoms with Crippen LogP contribution in [0.5, 0.6) is 5.75 Å². The number of benzene rings is 1. The Bertz CT molecular complexity index is 731. The largest absolute Gasteiger partial charge is 0.488 e. The Morgan fingerprint density at radius 2 is 2.12 bits per heavy atom. The van der Waals surface area contributed by atoms with Gasteiger partial charge in [-0.25, -0.2) is 0 Å². The number of aromatic nitrogens is 2. The third-order valence-electron chi connectivity index (χ3n) is 3.85. The summed E-state index contributed by atoms with van der Waals surface area (Å²) < 4.78 is 5.96. The third-order valence-corrected chi connectivity index (χ3v) is 3.85. The molecule has 2 heterocycles. The van der Waals surface area contributed by atoms with Gasteiger partial charge in [-0.3, -0.25) is 9.89 Å². The molecule has 0 saturated heterocycles. The van der Waals surface area contributed by atoms with Gasteiger partial charge in [0, 0.05) is 42.9 Å². The van der Waals surface area contributed by atoms with Gasteiger partial charge in [-0.1, -0.05) is 18.2 Å². The molecule has 0 bridgehead atoms. The fourth-order valence-corrected chi connectivity index (χ4v) is 2.75. The average molecular weight is 328 g/mol. The monoisotopic (exact) mass is 328 g/mol. The molecule has 1 amide bonds. The molecule has 0 saturated carbocycles. The molecular formula is C18H24N4O2. The minimum Gasteiger partial charge on any atom is -0.488 e. The molecule has 0 spiro atoms. The second kappa shape index (κ2) is 6.65. The van der Waals surface area contributed by atoms with E-state index in [-0.39, 0.29) is 11.5 Å². The number of fused-ring (bicyclic) bond motifs is 1. The second-order valence-electron chi connectivity index (χ2n) is 6.96. The maximum Gasteiger partial charge on any atom is 0.272 e. The first-order chi connectivity index (χ1) is 11.4. The lowest BCUT2D eigenvalue weighted by atomic mass is 10.1. The number of H-pyrrole nitrogens is 1. The van der Waals surface area contributed by atoms with Gasteiger partial charge in [0.1, 0.15) is 11.4 Å². The van der Waals surface area contributed by atoms with Crippen molar-refractivity contribution in [3.8, 4) is 5.75 Å². The van der Waals surface area contributed by atoms with Crippen LogP contribution in [0.2, 0.25) is 0 Å². The van der Waals surface area contributed by atoms with Crippen LogP contribution in [0.4, 0.5) is 0 Å². The first-order valence-corrected chi connectivity index (χ1v) is 8.26. The Morgan fingerprint density at radius 1 is 1.33 bits per heavy atom. The van der Waals surface area contributed by atoms with E-state index >= 15 is 0 Å².